The lowest BCUT2D eigenvalue weighted by atomic mass is 10.1. The van der Waals surface area contributed by atoms with Crippen molar-refractivity contribution < 1.29 is 9.53 Å². The van der Waals surface area contributed by atoms with Crippen LogP contribution >= 0.6 is 0 Å². The van der Waals surface area contributed by atoms with E-state index >= 15 is 0 Å². The van der Waals surface area contributed by atoms with Crippen molar-refractivity contribution in [2.45, 2.75) is 6.54 Å². The summed E-state index contributed by atoms with van der Waals surface area (Å²) in [5, 5.41) is 11.5. The monoisotopic (exact) mass is 438 g/mol. The van der Waals surface area contributed by atoms with Crippen LogP contribution in [0.15, 0.2) is 72.8 Å². The van der Waals surface area contributed by atoms with Crippen molar-refractivity contribution >= 4 is 34.6 Å². The third kappa shape index (κ3) is 5.03. The van der Waals surface area contributed by atoms with E-state index in [9.17, 15) is 4.79 Å². The van der Waals surface area contributed by atoms with Gasteiger partial charge in [0, 0.05) is 36.3 Å². The summed E-state index contributed by atoms with van der Waals surface area (Å²) >= 11 is 0. The van der Waals surface area contributed by atoms with Crippen molar-refractivity contribution in [2.24, 2.45) is 0 Å². The van der Waals surface area contributed by atoms with Crippen LogP contribution in [0.4, 0.5) is 5.69 Å². The number of hydrogen-bond acceptors (Lipinski definition) is 4. The van der Waals surface area contributed by atoms with Gasteiger partial charge in [-0.2, -0.15) is 5.10 Å². The Kier molecular flexibility index (Phi) is 6.28. The van der Waals surface area contributed by atoms with Crippen molar-refractivity contribution in [1.29, 1.82) is 0 Å². The predicted octanol–water partition coefficient (Wildman–Crippen LogP) is 4.82. The summed E-state index contributed by atoms with van der Waals surface area (Å²) in [6.45, 7) is 4.33. The Morgan fingerprint density at radius 2 is 1.73 bits per heavy atom. The normalized spacial score (nSPS) is 14.7. The Balaban J connectivity index is 1.28. The Hall–Kier alpha value is -3.74. The molecule has 3 aromatic carbocycles. The number of ether oxygens (including phenoxy) is 1. The SMILES string of the molecule is O=C(Nc1ccccc1C=Cc1n[nH]c2ccccc12)c1ccc(CN2CCOCC2)cc1. The molecule has 33 heavy (non-hydrogen) atoms. The van der Waals surface area contributed by atoms with Crippen LogP contribution in [0.2, 0.25) is 0 Å². The van der Waals surface area contributed by atoms with E-state index in [2.05, 4.69) is 20.4 Å². The number of nitrogens with one attached hydrogen (secondary N) is 2. The largest absolute Gasteiger partial charge is 0.379 e. The maximum absolute atomic E-state index is 12.9. The first-order valence-electron chi connectivity index (χ1n) is 11.2. The third-order valence-electron chi connectivity index (χ3n) is 5.86. The summed E-state index contributed by atoms with van der Waals surface area (Å²) in [5.41, 5.74) is 5.37. The quantitative estimate of drug-likeness (QED) is 0.453. The topological polar surface area (TPSA) is 70.2 Å². The molecular formula is C27H26N4O2. The molecular weight excluding hydrogens is 412 g/mol. The van der Waals surface area contributed by atoms with Gasteiger partial charge < -0.3 is 10.1 Å². The number of morpholine rings is 1. The van der Waals surface area contributed by atoms with Gasteiger partial charge in [-0.15, -0.1) is 0 Å². The summed E-state index contributed by atoms with van der Waals surface area (Å²) in [6, 6.07) is 23.6. The molecule has 0 bridgehead atoms. The van der Waals surface area contributed by atoms with Gasteiger partial charge in [-0.3, -0.25) is 14.8 Å². The fourth-order valence-electron chi connectivity index (χ4n) is 4.01. The van der Waals surface area contributed by atoms with E-state index in [-0.39, 0.29) is 5.91 Å². The standard InChI is InChI=1S/C27H26N4O2/c32-27(22-11-9-20(10-12-22)19-31-15-17-33-18-16-31)28-24-7-3-1-5-21(24)13-14-26-23-6-2-4-8-25(23)29-30-26/h1-14H,15-19H2,(H,28,32)(H,29,30). The fraction of sp³-hybridized carbons (Fsp3) is 0.185. The minimum Gasteiger partial charge on any atom is -0.379 e. The highest BCUT2D eigenvalue weighted by molar-refractivity contribution is 6.05. The summed E-state index contributed by atoms with van der Waals surface area (Å²) in [5.74, 6) is -0.126. The lowest BCUT2D eigenvalue weighted by molar-refractivity contribution is 0.0342. The molecule has 1 aliphatic heterocycles. The highest BCUT2D eigenvalue weighted by atomic mass is 16.5. The molecule has 0 saturated carbocycles. The van der Waals surface area contributed by atoms with Crippen molar-refractivity contribution in [2.75, 3.05) is 31.6 Å². The van der Waals surface area contributed by atoms with E-state index in [0.29, 0.717) is 5.56 Å². The molecule has 0 atom stereocenters. The van der Waals surface area contributed by atoms with Gasteiger partial charge in [0.15, 0.2) is 0 Å². The number of H-pyrrole nitrogens is 1. The van der Waals surface area contributed by atoms with Gasteiger partial charge in [0.25, 0.3) is 5.91 Å². The molecule has 1 fully saturated rings. The van der Waals surface area contributed by atoms with Crippen LogP contribution < -0.4 is 5.32 Å². The van der Waals surface area contributed by atoms with Crippen LogP contribution in [0.5, 0.6) is 0 Å². The molecule has 0 spiro atoms. The van der Waals surface area contributed by atoms with Crippen molar-refractivity contribution in [3.8, 4) is 0 Å². The molecule has 6 nitrogen and oxygen atoms in total. The summed E-state index contributed by atoms with van der Waals surface area (Å²) < 4.78 is 5.41. The number of amides is 1. The zero-order valence-electron chi connectivity index (χ0n) is 18.3. The average molecular weight is 439 g/mol. The van der Waals surface area contributed by atoms with E-state index in [1.165, 1.54) is 5.56 Å². The molecule has 2 N–H and O–H groups in total. The molecule has 1 aliphatic rings. The molecule has 1 saturated heterocycles. The summed E-state index contributed by atoms with van der Waals surface area (Å²) in [7, 11) is 0. The maximum Gasteiger partial charge on any atom is 0.255 e. The fourth-order valence-corrected chi connectivity index (χ4v) is 4.01. The second kappa shape index (κ2) is 9.81. The van der Waals surface area contributed by atoms with Gasteiger partial charge in [0.2, 0.25) is 0 Å². The van der Waals surface area contributed by atoms with Gasteiger partial charge in [-0.05, 0) is 41.5 Å². The van der Waals surface area contributed by atoms with Crippen molar-refractivity contribution in [3.05, 3.63) is 95.2 Å². The molecule has 1 amide bonds. The molecule has 4 aromatic rings. The Morgan fingerprint density at radius 3 is 2.58 bits per heavy atom. The molecule has 0 radical (unpaired) electrons. The van der Waals surface area contributed by atoms with Gasteiger partial charge in [0.1, 0.15) is 0 Å². The summed E-state index contributed by atoms with van der Waals surface area (Å²) in [4.78, 5) is 15.3. The highest BCUT2D eigenvalue weighted by Gasteiger charge is 2.12. The van der Waals surface area contributed by atoms with Crippen LogP contribution in [0.25, 0.3) is 23.1 Å². The van der Waals surface area contributed by atoms with Crippen LogP contribution in [0.1, 0.15) is 27.2 Å². The van der Waals surface area contributed by atoms with Crippen LogP contribution in [0.3, 0.4) is 0 Å². The molecule has 2 heterocycles. The number of fused-ring (bicyclic) bond motifs is 1. The zero-order chi connectivity index (χ0) is 22.5. The van der Waals surface area contributed by atoms with E-state index in [0.717, 1.165) is 60.7 Å². The highest BCUT2D eigenvalue weighted by Crippen LogP contribution is 2.22. The Bertz CT molecular complexity index is 1270. The predicted molar refractivity (Wildman–Crippen MR) is 132 cm³/mol. The molecule has 5 rings (SSSR count). The average Bonchev–Trinajstić information content (AvgIpc) is 3.28. The number of benzene rings is 3. The smallest absolute Gasteiger partial charge is 0.255 e. The molecule has 1 aromatic heterocycles. The van der Waals surface area contributed by atoms with Crippen LogP contribution in [0, 0.1) is 0 Å². The minimum atomic E-state index is -0.126. The Labute approximate surface area is 192 Å². The van der Waals surface area contributed by atoms with Crippen LogP contribution in [-0.2, 0) is 11.3 Å². The number of carbonyl (C=O) groups excluding carboxylic acids is 1. The summed E-state index contributed by atoms with van der Waals surface area (Å²) in [6.07, 6.45) is 3.94. The maximum atomic E-state index is 12.9. The van der Waals surface area contributed by atoms with Crippen LogP contribution in [-0.4, -0.2) is 47.3 Å². The van der Waals surface area contributed by atoms with E-state index in [1.54, 1.807) is 0 Å². The second-order valence-corrected chi connectivity index (χ2v) is 8.11. The number of aromatic nitrogens is 2. The first-order chi connectivity index (χ1) is 16.3. The first-order valence-corrected chi connectivity index (χ1v) is 11.2. The minimum absolute atomic E-state index is 0.126. The van der Waals surface area contributed by atoms with Crippen molar-refractivity contribution in [3.63, 3.8) is 0 Å². The van der Waals surface area contributed by atoms with Gasteiger partial charge in [-0.1, -0.05) is 54.6 Å². The van der Waals surface area contributed by atoms with Crippen molar-refractivity contribution in [1.82, 2.24) is 15.1 Å². The second-order valence-electron chi connectivity index (χ2n) is 8.11. The number of anilines is 1. The first kappa shape index (κ1) is 21.1. The molecule has 166 valence electrons. The van der Waals surface area contributed by atoms with E-state index in [1.807, 2.05) is 84.9 Å². The Morgan fingerprint density at radius 1 is 0.970 bits per heavy atom. The molecule has 0 unspecified atom stereocenters. The van der Waals surface area contributed by atoms with Gasteiger partial charge >= 0.3 is 0 Å². The number of nitrogens with zero attached hydrogens (tertiary/aromatic N) is 2. The third-order valence-corrected chi connectivity index (χ3v) is 5.86. The number of carbonyl (C=O) groups is 1. The zero-order valence-corrected chi connectivity index (χ0v) is 18.3. The molecule has 0 aliphatic carbocycles. The molecule has 6 heteroatoms. The van der Waals surface area contributed by atoms with Gasteiger partial charge in [-0.25, -0.2) is 0 Å². The number of aromatic amines is 1. The van der Waals surface area contributed by atoms with E-state index < -0.39 is 0 Å². The lowest BCUT2D eigenvalue weighted by Gasteiger charge is -2.26. The van der Waals surface area contributed by atoms with E-state index in [4.69, 9.17) is 4.74 Å². The van der Waals surface area contributed by atoms with Gasteiger partial charge in [0.05, 0.1) is 24.4 Å². The lowest BCUT2D eigenvalue weighted by Crippen LogP contribution is -2.35. The number of para-hydroxylation sites is 2. The number of hydrogen-bond donors (Lipinski definition) is 2. The number of rotatable bonds is 6.